The van der Waals surface area contributed by atoms with Crippen LogP contribution in [0.1, 0.15) is 28.4 Å². The highest BCUT2D eigenvalue weighted by molar-refractivity contribution is 9.10. The van der Waals surface area contributed by atoms with E-state index in [9.17, 15) is 4.79 Å². The fourth-order valence-electron chi connectivity index (χ4n) is 2.11. The van der Waals surface area contributed by atoms with Crippen LogP contribution in [0.3, 0.4) is 0 Å². The fraction of sp³-hybridized carbons (Fsp3) is 0.235. The van der Waals surface area contributed by atoms with E-state index in [1.54, 1.807) is 0 Å². The Hall–Kier alpha value is -1.81. The van der Waals surface area contributed by atoms with E-state index < -0.39 is 0 Å². The number of amides is 1. The molecule has 2 N–H and O–H groups in total. The third-order valence-electron chi connectivity index (χ3n) is 3.23. The zero-order valence-electron chi connectivity index (χ0n) is 12.5. The van der Waals surface area contributed by atoms with Gasteiger partial charge in [0.1, 0.15) is 0 Å². The fourth-order valence-corrected chi connectivity index (χ4v) is 2.47. The predicted octanol–water partition coefficient (Wildman–Crippen LogP) is 4.75. The summed E-state index contributed by atoms with van der Waals surface area (Å²) >= 11 is 3.43. The second-order valence-corrected chi connectivity index (χ2v) is 5.91. The topological polar surface area (TPSA) is 41.1 Å². The van der Waals surface area contributed by atoms with Crippen LogP contribution in [0.4, 0.5) is 11.4 Å². The second-order valence-electron chi connectivity index (χ2n) is 4.99. The Morgan fingerprint density at radius 3 is 2.57 bits per heavy atom. The molecule has 21 heavy (non-hydrogen) atoms. The van der Waals surface area contributed by atoms with Gasteiger partial charge in [0.25, 0.3) is 5.91 Å². The first-order valence-corrected chi connectivity index (χ1v) is 7.72. The summed E-state index contributed by atoms with van der Waals surface area (Å²) in [5, 5.41) is 6.22. The van der Waals surface area contributed by atoms with Gasteiger partial charge in [-0.05, 0) is 56.2 Å². The van der Waals surface area contributed by atoms with E-state index in [1.165, 1.54) is 0 Å². The molecule has 4 heteroatoms. The first-order chi connectivity index (χ1) is 10.0. The maximum Gasteiger partial charge on any atom is 0.257 e. The quantitative estimate of drug-likeness (QED) is 0.838. The number of aryl methyl sites for hydroxylation is 2. The van der Waals surface area contributed by atoms with Crippen molar-refractivity contribution in [3.05, 3.63) is 57.6 Å². The van der Waals surface area contributed by atoms with Gasteiger partial charge in [-0.1, -0.05) is 28.1 Å². The van der Waals surface area contributed by atoms with E-state index in [2.05, 4.69) is 26.6 Å². The third kappa shape index (κ3) is 3.85. The number of halogens is 1. The average Bonchev–Trinajstić information content (AvgIpc) is 2.43. The molecule has 2 rings (SSSR count). The van der Waals surface area contributed by atoms with E-state index in [-0.39, 0.29) is 5.91 Å². The molecule has 2 aromatic carbocycles. The van der Waals surface area contributed by atoms with Gasteiger partial charge in [-0.2, -0.15) is 0 Å². The van der Waals surface area contributed by atoms with Crippen LogP contribution >= 0.6 is 15.9 Å². The van der Waals surface area contributed by atoms with Crippen LogP contribution in [0, 0.1) is 13.8 Å². The van der Waals surface area contributed by atoms with Gasteiger partial charge in [0.2, 0.25) is 0 Å². The Bertz CT molecular complexity index is 668. The summed E-state index contributed by atoms with van der Waals surface area (Å²) in [4.78, 5) is 12.5. The first-order valence-electron chi connectivity index (χ1n) is 6.93. The summed E-state index contributed by atoms with van der Waals surface area (Å²) in [6, 6.07) is 11.6. The van der Waals surface area contributed by atoms with Crippen molar-refractivity contribution >= 4 is 33.2 Å². The Balaban J connectivity index is 2.30. The van der Waals surface area contributed by atoms with Crippen LogP contribution in [-0.4, -0.2) is 12.5 Å². The van der Waals surface area contributed by atoms with Crippen molar-refractivity contribution in [2.75, 3.05) is 17.2 Å². The minimum absolute atomic E-state index is 0.104. The lowest BCUT2D eigenvalue weighted by molar-refractivity contribution is 0.102. The molecule has 0 fully saturated rings. The zero-order valence-corrected chi connectivity index (χ0v) is 14.0. The summed E-state index contributed by atoms with van der Waals surface area (Å²) in [7, 11) is 0. The Morgan fingerprint density at radius 1 is 1.10 bits per heavy atom. The number of rotatable bonds is 4. The summed E-state index contributed by atoms with van der Waals surface area (Å²) in [5.74, 6) is -0.104. The van der Waals surface area contributed by atoms with Gasteiger partial charge in [0, 0.05) is 22.4 Å². The van der Waals surface area contributed by atoms with E-state index >= 15 is 0 Å². The SMILES string of the molecule is CCNc1cc(C)ccc1C(=O)Nc1cc(Br)ccc1C. The van der Waals surface area contributed by atoms with E-state index in [1.807, 2.05) is 57.2 Å². The predicted molar refractivity (Wildman–Crippen MR) is 92.2 cm³/mol. The van der Waals surface area contributed by atoms with Crippen LogP contribution in [0.15, 0.2) is 40.9 Å². The van der Waals surface area contributed by atoms with Gasteiger partial charge in [0.05, 0.1) is 5.56 Å². The van der Waals surface area contributed by atoms with Crippen molar-refractivity contribution in [1.29, 1.82) is 0 Å². The van der Waals surface area contributed by atoms with Crippen molar-refractivity contribution in [3.8, 4) is 0 Å². The molecule has 0 unspecified atom stereocenters. The molecule has 2 aromatic rings. The molecule has 0 radical (unpaired) electrons. The highest BCUT2D eigenvalue weighted by Gasteiger charge is 2.12. The number of anilines is 2. The Morgan fingerprint density at radius 2 is 1.86 bits per heavy atom. The number of benzene rings is 2. The highest BCUT2D eigenvalue weighted by atomic mass is 79.9. The minimum Gasteiger partial charge on any atom is -0.385 e. The Labute approximate surface area is 133 Å². The van der Waals surface area contributed by atoms with Gasteiger partial charge in [-0.15, -0.1) is 0 Å². The van der Waals surface area contributed by atoms with Crippen molar-refractivity contribution in [3.63, 3.8) is 0 Å². The summed E-state index contributed by atoms with van der Waals surface area (Å²) in [6.45, 7) is 6.78. The number of carbonyl (C=O) groups excluding carboxylic acids is 1. The van der Waals surface area contributed by atoms with E-state index in [0.29, 0.717) is 5.56 Å². The lowest BCUT2D eigenvalue weighted by Gasteiger charge is -2.13. The van der Waals surface area contributed by atoms with Gasteiger partial charge < -0.3 is 10.6 Å². The molecule has 0 aliphatic carbocycles. The summed E-state index contributed by atoms with van der Waals surface area (Å²) in [5.41, 5.74) is 4.49. The average molecular weight is 347 g/mol. The van der Waals surface area contributed by atoms with E-state index in [4.69, 9.17) is 0 Å². The zero-order chi connectivity index (χ0) is 15.4. The largest absolute Gasteiger partial charge is 0.385 e. The van der Waals surface area contributed by atoms with Crippen molar-refractivity contribution in [2.24, 2.45) is 0 Å². The summed E-state index contributed by atoms with van der Waals surface area (Å²) < 4.78 is 0.944. The van der Waals surface area contributed by atoms with Crippen LogP contribution in [0.25, 0.3) is 0 Å². The maximum atomic E-state index is 12.5. The number of carbonyl (C=O) groups is 1. The molecular weight excluding hydrogens is 328 g/mol. The molecule has 0 bridgehead atoms. The molecule has 0 aliphatic rings. The molecule has 3 nitrogen and oxygen atoms in total. The number of hydrogen-bond donors (Lipinski definition) is 2. The van der Waals surface area contributed by atoms with Crippen molar-refractivity contribution < 1.29 is 4.79 Å². The number of hydrogen-bond acceptors (Lipinski definition) is 2. The van der Waals surface area contributed by atoms with Gasteiger partial charge in [-0.3, -0.25) is 4.79 Å². The minimum atomic E-state index is -0.104. The lowest BCUT2D eigenvalue weighted by atomic mass is 10.1. The highest BCUT2D eigenvalue weighted by Crippen LogP contribution is 2.23. The van der Waals surface area contributed by atoms with E-state index in [0.717, 1.165) is 33.5 Å². The van der Waals surface area contributed by atoms with Crippen LogP contribution in [0.2, 0.25) is 0 Å². The smallest absolute Gasteiger partial charge is 0.257 e. The van der Waals surface area contributed by atoms with Crippen LogP contribution in [0.5, 0.6) is 0 Å². The van der Waals surface area contributed by atoms with Gasteiger partial charge >= 0.3 is 0 Å². The van der Waals surface area contributed by atoms with Gasteiger partial charge in [-0.25, -0.2) is 0 Å². The molecule has 0 saturated heterocycles. The van der Waals surface area contributed by atoms with Crippen molar-refractivity contribution in [1.82, 2.24) is 0 Å². The Kier molecular flexibility index (Phi) is 5.02. The van der Waals surface area contributed by atoms with Crippen molar-refractivity contribution in [2.45, 2.75) is 20.8 Å². The number of nitrogens with one attached hydrogen (secondary N) is 2. The third-order valence-corrected chi connectivity index (χ3v) is 3.73. The second kappa shape index (κ2) is 6.76. The molecule has 0 saturated carbocycles. The molecule has 0 atom stereocenters. The monoisotopic (exact) mass is 346 g/mol. The molecule has 0 aliphatic heterocycles. The molecule has 110 valence electrons. The maximum absolute atomic E-state index is 12.5. The molecular formula is C17H19BrN2O. The molecule has 1 amide bonds. The van der Waals surface area contributed by atoms with Crippen LogP contribution < -0.4 is 10.6 Å². The summed E-state index contributed by atoms with van der Waals surface area (Å²) in [6.07, 6.45) is 0. The standard InChI is InChI=1S/C17H19BrN2O/c1-4-19-16-9-11(2)5-8-14(16)17(21)20-15-10-13(18)7-6-12(15)3/h5-10,19H,4H2,1-3H3,(H,20,21). The van der Waals surface area contributed by atoms with Gasteiger partial charge in [0.15, 0.2) is 0 Å². The lowest BCUT2D eigenvalue weighted by Crippen LogP contribution is -2.15. The normalized spacial score (nSPS) is 10.3. The molecule has 0 aromatic heterocycles. The van der Waals surface area contributed by atoms with Crippen LogP contribution in [-0.2, 0) is 0 Å². The molecule has 0 heterocycles. The first kappa shape index (κ1) is 15.6. The molecule has 0 spiro atoms.